The van der Waals surface area contributed by atoms with Crippen LogP contribution in [0.1, 0.15) is 0 Å². The maximum absolute atomic E-state index is 11.8. The first kappa shape index (κ1) is 11.3. The molecular formula is C12H12N6O. The standard InChI is InChI=1S/C12H12N6O/c1-18-11(4-5-15-18)17-12(19)16-8-2-3-9-10(6-8)14-7-13-9/h2-7H,1H3,(H,13,14)(H2,16,17,19). The Morgan fingerprint density at radius 1 is 1.32 bits per heavy atom. The van der Waals surface area contributed by atoms with Crippen molar-refractivity contribution >= 4 is 28.6 Å². The van der Waals surface area contributed by atoms with Gasteiger partial charge >= 0.3 is 6.03 Å². The summed E-state index contributed by atoms with van der Waals surface area (Å²) in [6.07, 6.45) is 3.23. The minimum atomic E-state index is -0.317. The third-order valence-corrected chi connectivity index (χ3v) is 2.74. The summed E-state index contributed by atoms with van der Waals surface area (Å²) < 4.78 is 1.58. The van der Waals surface area contributed by atoms with E-state index in [0.717, 1.165) is 11.0 Å². The number of aryl methyl sites for hydroxylation is 1. The van der Waals surface area contributed by atoms with Crippen molar-refractivity contribution in [2.24, 2.45) is 7.05 Å². The number of amides is 2. The van der Waals surface area contributed by atoms with Crippen molar-refractivity contribution in [2.45, 2.75) is 0 Å². The van der Waals surface area contributed by atoms with Crippen LogP contribution in [0.2, 0.25) is 0 Å². The first-order valence-corrected chi connectivity index (χ1v) is 5.71. The van der Waals surface area contributed by atoms with E-state index in [1.807, 2.05) is 12.1 Å². The molecule has 3 aromatic rings. The van der Waals surface area contributed by atoms with E-state index < -0.39 is 0 Å². The van der Waals surface area contributed by atoms with Crippen LogP contribution < -0.4 is 10.6 Å². The zero-order chi connectivity index (χ0) is 13.2. The SMILES string of the molecule is Cn1nccc1NC(=O)Nc1ccc2nc[nH]c2c1. The molecule has 3 rings (SSSR count). The normalized spacial score (nSPS) is 10.6. The molecule has 2 amide bonds. The van der Waals surface area contributed by atoms with Crippen molar-refractivity contribution in [3.05, 3.63) is 36.8 Å². The van der Waals surface area contributed by atoms with Crippen LogP contribution in [0.4, 0.5) is 16.3 Å². The maximum Gasteiger partial charge on any atom is 0.324 e. The van der Waals surface area contributed by atoms with Crippen molar-refractivity contribution in [1.82, 2.24) is 19.7 Å². The molecule has 0 saturated carbocycles. The molecule has 96 valence electrons. The van der Waals surface area contributed by atoms with Crippen LogP contribution in [0.5, 0.6) is 0 Å². The Balaban J connectivity index is 1.73. The molecule has 2 aromatic heterocycles. The van der Waals surface area contributed by atoms with Gasteiger partial charge in [0.2, 0.25) is 0 Å². The summed E-state index contributed by atoms with van der Waals surface area (Å²) in [6.45, 7) is 0. The minimum absolute atomic E-state index is 0.317. The Morgan fingerprint density at radius 2 is 2.21 bits per heavy atom. The van der Waals surface area contributed by atoms with Crippen molar-refractivity contribution in [3.8, 4) is 0 Å². The number of carbonyl (C=O) groups is 1. The van der Waals surface area contributed by atoms with Crippen LogP contribution in [0.25, 0.3) is 11.0 Å². The minimum Gasteiger partial charge on any atom is -0.345 e. The maximum atomic E-state index is 11.8. The molecule has 1 aromatic carbocycles. The van der Waals surface area contributed by atoms with Gasteiger partial charge in [0.25, 0.3) is 0 Å². The molecule has 0 radical (unpaired) electrons. The summed E-state index contributed by atoms with van der Waals surface area (Å²) in [5.74, 6) is 0.625. The summed E-state index contributed by atoms with van der Waals surface area (Å²) in [4.78, 5) is 18.9. The summed E-state index contributed by atoms with van der Waals surface area (Å²) in [5.41, 5.74) is 2.42. The molecule has 0 fully saturated rings. The lowest BCUT2D eigenvalue weighted by molar-refractivity contribution is 0.262. The van der Waals surface area contributed by atoms with E-state index in [9.17, 15) is 4.79 Å². The highest BCUT2D eigenvalue weighted by atomic mass is 16.2. The predicted octanol–water partition coefficient (Wildman–Crippen LogP) is 1.94. The van der Waals surface area contributed by atoms with Gasteiger partial charge in [-0.1, -0.05) is 0 Å². The Morgan fingerprint density at radius 3 is 3.00 bits per heavy atom. The lowest BCUT2D eigenvalue weighted by Crippen LogP contribution is -2.20. The fourth-order valence-corrected chi connectivity index (χ4v) is 1.79. The summed E-state index contributed by atoms with van der Waals surface area (Å²) in [6, 6.07) is 6.86. The van der Waals surface area contributed by atoms with Gasteiger partial charge in [0.15, 0.2) is 0 Å². The lowest BCUT2D eigenvalue weighted by Gasteiger charge is -2.07. The number of nitrogens with one attached hydrogen (secondary N) is 3. The highest BCUT2D eigenvalue weighted by Crippen LogP contribution is 2.15. The smallest absolute Gasteiger partial charge is 0.324 e. The third-order valence-electron chi connectivity index (χ3n) is 2.74. The predicted molar refractivity (Wildman–Crippen MR) is 71.9 cm³/mol. The zero-order valence-corrected chi connectivity index (χ0v) is 10.2. The van der Waals surface area contributed by atoms with E-state index in [1.165, 1.54) is 0 Å². The van der Waals surface area contributed by atoms with E-state index in [0.29, 0.717) is 11.5 Å². The lowest BCUT2D eigenvalue weighted by atomic mass is 10.3. The molecule has 0 aliphatic rings. The number of imidazole rings is 1. The molecule has 0 aliphatic heterocycles. The zero-order valence-electron chi connectivity index (χ0n) is 10.2. The van der Waals surface area contributed by atoms with Gasteiger partial charge in [-0.2, -0.15) is 5.10 Å². The molecule has 0 spiro atoms. The van der Waals surface area contributed by atoms with Crippen LogP contribution in [0, 0.1) is 0 Å². The average molecular weight is 256 g/mol. The number of rotatable bonds is 2. The van der Waals surface area contributed by atoms with E-state index in [1.54, 1.807) is 36.4 Å². The van der Waals surface area contributed by atoms with Crippen molar-refractivity contribution in [3.63, 3.8) is 0 Å². The summed E-state index contributed by atoms with van der Waals surface area (Å²) in [5, 5.41) is 9.43. The summed E-state index contributed by atoms with van der Waals surface area (Å²) >= 11 is 0. The topological polar surface area (TPSA) is 87.6 Å². The van der Waals surface area contributed by atoms with Gasteiger partial charge in [0.1, 0.15) is 5.82 Å². The van der Waals surface area contributed by atoms with Crippen molar-refractivity contribution in [1.29, 1.82) is 0 Å². The van der Waals surface area contributed by atoms with Gasteiger partial charge in [-0.3, -0.25) is 10.00 Å². The molecule has 2 heterocycles. The van der Waals surface area contributed by atoms with Gasteiger partial charge in [0.05, 0.1) is 23.6 Å². The average Bonchev–Trinajstić information content (AvgIpc) is 2.98. The number of aromatic amines is 1. The van der Waals surface area contributed by atoms with Gasteiger partial charge in [-0.05, 0) is 18.2 Å². The van der Waals surface area contributed by atoms with Gasteiger partial charge < -0.3 is 10.3 Å². The third kappa shape index (κ3) is 2.25. The van der Waals surface area contributed by atoms with Gasteiger partial charge in [-0.15, -0.1) is 0 Å². The second kappa shape index (κ2) is 4.45. The van der Waals surface area contributed by atoms with Gasteiger partial charge in [0, 0.05) is 18.8 Å². The van der Waals surface area contributed by atoms with Crippen LogP contribution in [0.15, 0.2) is 36.8 Å². The molecule has 7 nitrogen and oxygen atoms in total. The number of nitrogens with zero attached hydrogens (tertiary/aromatic N) is 3. The highest BCUT2D eigenvalue weighted by molar-refractivity contribution is 6.00. The fraction of sp³-hybridized carbons (Fsp3) is 0.0833. The van der Waals surface area contributed by atoms with E-state index in [-0.39, 0.29) is 6.03 Å². The van der Waals surface area contributed by atoms with Crippen LogP contribution in [0.3, 0.4) is 0 Å². The molecule has 3 N–H and O–H groups in total. The molecule has 0 bridgehead atoms. The number of fused-ring (bicyclic) bond motifs is 1. The number of aromatic nitrogens is 4. The number of benzene rings is 1. The monoisotopic (exact) mass is 256 g/mol. The number of urea groups is 1. The van der Waals surface area contributed by atoms with Crippen LogP contribution in [-0.4, -0.2) is 25.8 Å². The number of carbonyl (C=O) groups excluding carboxylic acids is 1. The molecular weight excluding hydrogens is 244 g/mol. The Hall–Kier alpha value is -2.83. The molecule has 0 saturated heterocycles. The Kier molecular flexibility index (Phi) is 2.64. The molecule has 0 unspecified atom stereocenters. The van der Waals surface area contributed by atoms with E-state index in [4.69, 9.17) is 0 Å². The number of hydrogen-bond donors (Lipinski definition) is 3. The first-order valence-electron chi connectivity index (χ1n) is 5.71. The number of H-pyrrole nitrogens is 1. The van der Waals surface area contributed by atoms with Crippen LogP contribution in [-0.2, 0) is 7.05 Å². The van der Waals surface area contributed by atoms with Crippen molar-refractivity contribution in [2.75, 3.05) is 10.6 Å². The largest absolute Gasteiger partial charge is 0.345 e. The second-order valence-electron chi connectivity index (χ2n) is 4.05. The molecule has 0 aliphatic carbocycles. The van der Waals surface area contributed by atoms with E-state index >= 15 is 0 Å². The fourth-order valence-electron chi connectivity index (χ4n) is 1.79. The number of anilines is 2. The van der Waals surface area contributed by atoms with Crippen molar-refractivity contribution < 1.29 is 4.79 Å². The molecule has 7 heteroatoms. The van der Waals surface area contributed by atoms with Gasteiger partial charge in [-0.25, -0.2) is 9.78 Å². The summed E-state index contributed by atoms with van der Waals surface area (Å²) in [7, 11) is 1.76. The second-order valence-corrected chi connectivity index (χ2v) is 4.05. The molecule has 0 atom stereocenters. The number of hydrogen-bond acceptors (Lipinski definition) is 3. The molecule has 19 heavy (non-hydrogen) atoms. The van der Waals surface area contributed by atoms with E-state index in [2.05, 4.69) is 25.7 Å². The quantitative estimate of drug-likeness (QED) is 0.654. The Bertz CT molecular complexity index is 728. The first-order chi connectivity index (χ1) is 9.22. The Labute approximate surface area is 108 Å². The highest BCUT2D eigenvalue weighted by Gasteiger charge is 2.06. The van der Waals surface area contributed by atoms with Crippen LogP contribution >= 0.6 is 0 Å².